The number of hydrogen-bond donors (Lipinski definition) is 2. The van der Waals surface area contributed by atoms with Gasteiger partial charge in [-0.3, -0.25) is 14.4 Å². The Labute approximate surface area is 176 Å². The number of nitrogens with one attached hydrogen (secondary N) is 2. The molecule has 1 aliphatic rings. The van der Waals surface area contributed by atoms with Gasteiger partial charge in [-0.15, -0.1) is 0 Å². The molecule has 0 aromatic heterocycles. The van der Waals surface area contributed by atoms with Crippen LogP contribution in [0.4, 0.5) is 11.4 Å². The molecule has 0 bridgehead atoms. The fraction of sp³-hybridized carbons (Fsp3) is 0.200. The molecule has 150 valence electrons. The second kappa shape index (κ2) is 9.11. The lowest BCUT2D eigenvalue weighted by atomic mass is 10.2. The summed E-state index contributed by atoms with van der Waals surface area (Å²) >= 11 is 7.04. The molecule has 9 heteroatoms. The quantitative estimate of drug-likeness (QED) is 0.554. The smallest absolute Gasteiger partial charge is 0.308 e. The summed E-state index contributed by atoms with van der Waals surface area (Å²) in [4.78, 5) is 40.3. The predicted molar refractivity (Wildman–Crippen MR) is 114 cm³/mol. The fourth-order valence-corrected chi connectivity index (χ4v) is 3.69. The number of carbonyl (C=O) groups is 3. The highest BCUT2D eigenvalue weighted by atomic mass is 35.5. The van der Waals surface area contributed by atoms with E-state index in [1.165, 1.54) is 18.7 Å². The van der Waals surface area contributed by atoms with Crippen LogP contribution in [-0.4, -0.2) is 28.2 Å². The van der Waals surface area contributed by atoms with Gasteiger partial charge in [-0.2, -0.15) is 0 Å². The van der Waals surface area contributed by atoms with E-state index in [9.17, 15) is 14.4 Å². The number of nitrogens with zero attached hydrogens (tertiary/aromatic N) is 1. The number of esters is 1. The number of thioether (sulfide) groups is 1. The molecule has 7 nitrogen and oxygen atoms in total. The highest BCUT2D eigenvalue weighted by Crippen LogP contribution is 2.29. The molecular weight excluding hydrogens is 414 g/mol. The summed E-state index contributed by atoms with van der Waals surface area (Å²) in [5, 5.41) is 5.79. The van der Waals surface area contributed by atoms with Crippen LogP contribution in [0.15, 0.2) is 47.5 Å². The Morgan fingerprint density at radius 1 is 1.24 bits per heavy atom. The average Bonchev–Trinajstić information content (AvgIpc) is 2.98. The molecule has 1 saturated heterocycles. The number of aliphatic imine (C=N–C) groups is 1. The standard InChI is InChI=1S/C20H18ClN3O4S/c1-11-3-8-16(28-12(2)25)15(9-11)23-18(26)10-17-19(27)24-20(29-17)22-14-6-4-13(21)5-7-14/h3-9,17H,10H2,1-2H3,(H,23,26)(H,22,24,27). The van der Waals surface area contributed by atoms with Gasteiger partial charge in [-0.1, -0.05) is 29.4 Å². The predicted octanol–water partition coefficient (Wildman–Crippen LogP) is 3.82. The monoisotopic (exact) mass is 431 g/mol. The van der Waals surface area contributed by atoms with E-state index in [0.717, 1.165) is 5.56 Å². The van der Waals surface area contributed by atoms with Gasteiger partial charge in [-0.25, -0.2) is 4.99 Å². The topological polar surface area (TPSA) is 96.9 Å². The Hall–Kier alpha value is -2.84. The van der Waals surface area contributed by atoms with Gasteiger partial charge in [0, 0.05) is 18.4 Å². The third kappa shape index (κ3) is 5.82. The van der Waals surface area contributed by atoms with Gasteiger partial charge in [0.1, 0.15) is 5.25 Å². The number of ether oxygens (including phenoxy) is 1. The van der Waals surface area contributed by atoms with Crippen molar-refractivity contribution >= 4 is 57.7 Å². The Bertz CT molecular complexity index is 992. The SMILES string of the molecule is CC(=O)Oc1ccc(C)cc1NC(=O)CC1SC(=Nc2ccc(Cl)cc2)NC1=O. The van der Waals surface area contributed by atoms with E-state index in [1.807, 2.05) is 6.92 Å². The van der Waals surface area contributed by atoms with Crippen LogP contribution in [0.25, 0.3) is 0 Å². The summed E-state index contributed by atoms with van der Waals surface area (Å²) in [5.74, 6) is -0.894. The van der Waals surface area contributed by atoms with Crippen molar-refractivity contribution in [3.05, 3.63) is 53.1 Å². The first-order valence-corrected chi connectivity index (χ1v) is 9.96. The largest absolute Gasteiger partial charge is 0.424 e. The number of rotatable bonds is 5. The van der Waals surface area contributed by atoms with E-state index in [-0.39, 0.29) is 24.0 Å². The summed E-state index contributed by atoms with van der Waals surface area (Å²) in [5.41, 5.74) is 1.92. The minimum absolute atomic E-state index is 0.0520. The maximum Gasteiger partial charge on any atom is 0.308 e. The molecule has 1 unspecified atom stereocenters. The van der Waals surface area contributed by atoms with Gasteiger partial charge in [0.2, 0.25) is 11.8 Å². The van der Waals surface area contributed by atoms with Crippen molar-refractivity contribution in [3.63, 3.8) is 0 Å². The molecule has 1 atom stereocenters. The molecule has 29 heavy (non-hydrogen) atoms. The van der Waals surface area contributed by atoms with Crippen molar-refractivity contribution in [1.82, 2.24) is 5.32 Å². The molecule has 0 saturated carbocycles. The van der Waals surface area contributed by atoms with Crippen molar-refractivity contribution in [2.75, 3.05) is 5.32 Å². The molecule has 2 aromatic rings. The van der Waals surface area contributed by atoms with Crippen LogP contribution in [0, 0.1) is 6.92 Å². The zero-order valence-electron chi connectivity index (χ0n) is 15.7. The molecule has 1 heterocycles. The maximum absolute atomic E-state index is 12.5. The molecule has 2 N–H and O–H groups in total. The number of hydrogen-bond acceptors (Lipinski definition) is 6. The first kappa shape index (κ1) is 20.9. The molecule has 2 aromatic carbocycles. The lowest BCUT2D eigenvalue weighted by molar-refractivity contribution is -0.132. The van der Waals surface area contributed by atoms with Gasteiger partial charge in [0.15, 0.2) is 10.9 Å². The molecule has 3 rings (SSSR count). The minimum atomic E-state index is -0.608. The van der Waals surface area contributed by atoms with Crippen LogP contribution in [0.1, 0.15) is 18.9 Å². The van der Waals surface area contributed by atoms with Gasteiger partial charge in [0.25, 0.3) is 0 Å². The second-order valence-electron chi connectivity index (χ2n) is 6.33. The van der Waals surface area contributed by atoms with Crippen molar-refractivity contribution in [1.29, 1.82) is 0 Å². The van der Waals surface area contributed by atoms with Gasteiger partial charge in [-0.05, 0) is 48.9 Å². The number of benzene rings is 2. The Morgan fingerprint density at radius 2 is 1.97 bits per heavy atom. The zero-order chi connectivity index (χ0) is 21.0. The van der Waals surface area contributed by atoms with Crippen LogP contribution in [0.2, 0.25) is 5.02 Å². The molecule has 0 spiro atoms. The van der Waals surface area contributed by atoms with Crippen LogP contribution < -0.4 is 15.4 Å². The summed E-state index contributed by atoms with van der Waals surface area (Å²) in [6.45, 7) is 3.14. The van der Waals surface area contributed by atoms with E-state index >= 15 is 0 Å². The van der Waals surface area contributed by atoms with Gasteiger partial charge < -0.3 is 15.4 Å². The third-order valence-corrected chi connectivity index (χ3v) is 5.20. The highest BCUT2D eigenvalue weighted by molar-refractivity contribution is 8.15. The Morgan fingerprint density at radius 3 is 2.66 bits per heavy atom. The lowest BCUT2D eigenvalue weighted by Crippen LogP contribution is -2.28. The van der Waals surface area contributed by atoms with Crippen LogP contribution in [0.5, 0.6) is 5.75 Å². The molecule has 0 radical (unpaired) electrons. The van der Waals surface area contributed by atoms with Crippen molar-refractivity contribution in [2.24, 2.45) is 4.99 Å². The van der Waals surface area contributed by atoms with E-state index in [0.29, 0.717) is 21.6 Å². The first-order valence-electron chi connectivity index (χ1n) is 8.71. The maximum atomic E-state index is 12.5. The molecule has 1 aliphatic heterocycles. The summed E-state index contributed by atoms with van der Waals surface area (Å²) in [6, 6.07) is 12.0. The lowest BCUT2D eigenvalue weighted by Gasteiger charge is -2.12. The van der Waals surface area contributed by atoms with Crippen molar-refractivity contribution in [3.8, 4) is 5.75 Å². The Kier molecular flexibility index (Phi) is 6.56. The molecule has 2 amide bonds. The number of anilines is 1. The second-order valence-corrected chi connectivity index (χ2v) is 7.96. The fourth-order valence-electron chi connectivity index (χ4n) is 2.58. The summed E-state index contributed by atoms with van der Waals surface area (Å²) in [7, 11) is 0. The number of amides is 2. The van der Waals surface area contributed by atoms with E-state index in [2.05, 4.69) is 15.6 Å². The zero-order valence-corrected chi connectivity index (χ0v) is 17.3. The average molecular weight is 432 g/mol. The molecule has 1 fully saturated rings. The third-order valence-electron chi connectivity index (χ3n) is 3.87. The van der Waals surface area contributed by atoms with Crippen molar-refractivity contribution in [2.45, 2.75) is 25.5 Å². The van der Waals surface area contributed by atoms with Crippen LogP contribution >= 0.6 is 23.4 Å². The number of halogens is 1. The van der Waals surface area contributed by atoms with Crippen LogP contribution in [0.3, 0.4) is 0 Å². The van der Waals surface area contributed by atoms with Gasteiger partial charge >= 0.3 is 5.97 Å². The number of carbonyl (C=O) groups excluding carboxylic acids is 3. The number of amidine groups is 1. The molecule has 0 aliphatic carbocycles. The Balaban J connectivity index is 1.65. The van der Waals surface area contributed by atoms with E-state index < -0.39 is 11.2 Å². The van der Waals surface area contributed by atoms with Crippen molar-refractivity contribution < 1.29 is 19.1 Å². The van der Waals surface area contributed by atoms with Gasteiger partial charge in [0.05, 0.1) is 11.4 Å². The van der Waals surface area contributed by atoms with Crippen LogP contribution in [-0.2, 0) is 14.4 Å². The number of aryl methyl sites for hydroxylation is 1. The first-order chi connectivity index (χ1) is 13.8. The molecular formula is C20H18ClN3O4S. The normalized spacial score (nSPS) is 17.1. The van der Waals surface area contributed by atoms with E-state index in [1.54, 1.807) is 42.5 Å². The van der Waals surface area contributed by atoms with E-state index in [4.69, 9.17) is 16.3 Å². The highest BCUT2D eigenvalue weighted by Gasteiger charge is 2.32. The summed E-state index contributed by atoms with van der Waals surface area (Å²) < 4.78 is 5.12. The minimum Gasteiger partial charge on any atom is -0.424 e. The summed E-state index contributed by atoms with van der Waals surface area (Å²) in [6.07, 6.45) is -0.0520.